The Hall–Kier alpha value is -1.02. The van der Waals surface area contributed by atoms with E-state index >= 15 is 0 Å². The molecule has 9 heteroatoms. The predicted molar refractivity (Wildman–Crippen MR) is 362 cm³/mol. The van der Waals surface area contributed by atoms with Crippen LogP contribution in [0, 0.1) is 0 Å². The average Bonchev–Trinajstić information content (AvgIpc) is 3.49. The fourth-order valence-corrected chi connectivity index (χ4v) is 12.3. The highest BCUT2D eigenvalue weighted by Gasteiger charge is 2.23. The maximum absolute atomic E-state index is 13.0. The van der Waals surface area contributed by atoms with Gasteiger partial charge in [-0.15, -0.1) is 0 Å². The lowest BCUT2D eigenvalue weighted by Crippen LogP contribution is -2.45. The number of hydrogen-bond donors (Lipinski definition) is 2. The van der Waals surface area contributed by atoms with Crippen LogP contribution in [0.1, 0.15) is 393 Å². The van der Waals surface area contributed by atoms with Crippen molar-refractivity contribution in [2.24, 2.45) is 0 Å². The second-order valence-electron chi connectivity index (χ2n) is 27.0. The van der Waals surface area contributed by atoms with E-state index in [-0.39, 0.29) is 19.1 Å². The van der Waals surface area contributed by atoms with E-state index in [0.717, 1.165) is 38.5 Å². The zero-order chi connectivity index (χ0) is 60.5. The van der Waals surface area contributed by atoms with Gasteiger partial charge in [-0.1, -0.05) is 366 Å². The third-order valence-corrected chi connectivity index (χ3v) is 18.4. The molecule has 494 valence electrons. The molecule has 0 spiro atoms. The summed E-state index contributed by atoms with van der Waals surface area (Å²) >= 11 is 0. The normalized spacial score (nSPS) is 13.7. The highest BCUT2D eigenvalue weighted by atomic mass is 31.2. The van der Waals surface area contributed by atoms with Crippen LogP contribution in [0.25, 0.3) is 0 Å². The van der Waals surface area contributed by atoms with Crippen LogP contribution in [0.2, 0.25) is 0 Å². The number of likely N-dealkylation sites (N-methyl/N-ethyl adjacent to an activating group) is 1. The van der Waals surface area contributed by atoms with Gasteiger partial charge >= 0.3 is 0 Å². The van der Waals surface area contributed by atoms with Crippen molar-refractivity contribution < 1.29 is 32.9 Å². The number of quaternary nitrogens is 1. The van der Waals surface area contributed by atoms with Gasteiger partial charge in [-0.2, -0.15) is 0 Å². The second-order valence-corrected chi connectivity index (χ2v) is 28.4. The van der Waals surface area contributed by atoms with Gasteiger partial charge in [0.05, 0.1) is 39.9 Å². The Balaban J connectivity index is 3.87. The Morgan fingerprint density at radius 1 is 0.410 bits per heavy atom. The topological polar surface area (TPSA) is 108 Å². The van der Waals surface area contributed by atoms with Crippen molar-refractivity contribution in [1.29, 1.82) is 0 Å². The van der Waals surface area contributed by atoms with Crippen molar-refractivity contribution in [1.82, 2.24) is 5.32 Å². The molecular formula is C74H147N2O6P. The van der Waals surface area contributed by atoms with Gasteiger partial charge in [0.2, 0.25) is 5.91 Å². The van der Waals surface area contributed by atoms with E-state index in [1.54, 1.807) is 6.08 Å². The highest BCUT2D eigenvalue weighted by molar-refractivity contribution is 7.45. The van der Waals surface area contributed by atoms with E-state index in [9.17, 15) is 19.4 Å². The van der Waals surface area contributed by atoms with Crippen LogP contribution < -0.4 is 10.2 Å². The molecule has 3 atom stereocenters. The number of aliphatic hydroxyl groups excluding tert-OH is 1. The summed E-state index contributed by atoms with van der Waals surface area (Å²) in [5.41, 5.74) is 0. The lowest BCUT2D eigenvalue weighted by atomic mass is 10.0. The molecule has 0 saturated heterocycles. The minimum atomic E-state index is -4.60. The van der Waals surface area contributed by atoms with Gasteiger partial charge in [0.25, 0.3) is 7.82 Å². The first-order valence-electron chi connectivity index (χ1n) is 37.2. The summed E-state index contributed by atoms with van der Waals surface area (Å²) < 4.78 is 23.5. The molecule has 8 nitrogen and oxygen atoms in total. The molecule has 0 aliphatic heterocycles. The number of phosphoric ester groups is 1. The van der Waals surface area contributed by atoms with Crippen molar-refractivity contribution in [3.8, 4) is 0 Å². The van der Waals surface area contributed by atoms with Crippen LogP contribution in [-0.2, 0) is 18.4 Å². The molecule has 0 radical (unpaired) electrons. The fourth-order valence-electron chi connectivity index (χ4n) is 11.6. The monoisotopic (exact) mass is 1190 g/mol. The van der Waals surface area contributed by atoms with Gasteiger partial charge in [-0.25, -0.2) is 0 Å². The molecule has 2 N–H and O–H groups in total. The third kappa shape index (κ3) is 68.3. The van der Waals surface area contributed by atoms with E-state index in [4.69, 9.17) is 9.05 Å². The Morgan fingerprint density at radius 2 is 0.663 bits per heavy atom. The fraction of sp³-hybridized carbons (Fsp3) is 0.932. The van der Waals surface area contributed by atoms with Crippen LogP contribution in [0.15, 0.2) is 24.3 Å². The van der Waals surface area contributed by atoms with Crippen molar-refractivity contribution in [2.75, 3.05) is 40.9 Å². The molecule has 0 aromatic rings. The van der Waals surface area contributed by atoms with Gasteiger partial charge in [0.15, 0.2) is 0 Å². The van der Waals surface area contributed by atoms with Crippen LogP contribution >= 0.6 is 7.82 Å². The molecule has 0 aliphatic rings. The minimum Gasteiger partial charge on any atom is -0.756 e. The largest absolute Gasteiger partial charge is 0.756 e. The molecule has 0 aliphatic carbocycles. The molecule has 0 aromatic carbocycles. The second kappa shape index (κ2) is 65.4. The zero-order valence-corrected chi connectivity index (χ0v) is 57.6. The Kier molecular flexibility index (Phi) is 64.6. The number of unbranched alkanes of at least 4 members (excludes halogenated alkanes) is 55. The van der Waals surface area contributed by atoms with Gasteiger partial charge in [-0.05, 0) is 44.9 Å². The standard InChI is InChI=1S/C74H147N2O6P/c1-6-8-10-12-14-16-18-20-22-24-26-28-29-30-31-32-33-34-35-36-37-38-39-40-41-42-43-44-45-46-47-48-50-52-54-56-58-60-62-64-66-68-74(78)75-72(71-82-83(79,80)81-70-69-76(3,4)5)73(77)67-65-63-61-59-57-55-53-51-49-27-25-23-21-19-17-15-13-11-9-7-2/h24,26,65,67,72-73,77H,6-23,25,27-64,66,68-71H2,1-5H3,(H-,75,78,79,80)/b26-24-,67-65+. The molecule has 0 saturated carbocycles. The summed E-state index contributed by atoms with van der Waals surface area (Å²) in [6, 6.07) is -0.884. The van der Waals surface area contributed by atoms with E-state index < -0.39 is 20.0 Å². The number of phosphoric acid groups is 1. The van der Waals surface area contributed by atoms with Crippen molar-refractivity contribution >= 4 is 13.7 Å². The van der Waals surface area contributed by atoms with Crippen LogP contribution in [0.5, 0.6) is 0 Å². The smallest absolute Gasteiger partial charge is 0.268 e. The van der Waals surface area contributed by atoms with Gasteiger partial charge in [0, 0.05) is 6.42 Å². The SMILES string of the molecule is CCCCCCCCCC/C=C\CCCCCCCCCCCCCCCCCCCCCCCCCCCCCCCC(=O)NC(COP(=O)([O-])OCC[N+](C)(C)C)C(O)/C=C/CCCCCCCCCCCCCCCCCCCC. The predicted octanol–water partition coefficient (Wildman–Crippen LogP) is 23.2. The number of rotatable bonds is 70. The minimum absolute atomic E-state index is 0.00233. The first kappa shape index (κ1) is 82.0. The Labute approximate surface area is 519 Å². The van der Waals surface area contributed by atoms with Crippen molar-refractivity contribution in [3.05, 3.63) is 24.3 Å². The Bertz CT molecular complexity index is 1400. The summed E-state index contributed by atoms with van der Waals surface area (Å²) in [6.07, 6.45) is 86.2. The number of amides is 1. The Morgan fingerprint density at radius 3 is 0.940 bits per heavy atom. The van der Waals surface area contributed by atoms with Gasteiger partial charge in [0.1, 0.15) is 13.2 Å². The average molecular weight is 1190 g/mol. The number of nitrogens with one attached hydrogen (secondary N) is 1. The summed E-state index contributed by atoms with van der Waals surface area (Å²) in [7, 11) is 1.28. The molecule has 0 fully saturated rings. The quantitative estimate of drug-likeness (QED) is 0.0272. The van der Waals surface area contributed by atoms with E-state index in [2.05, 4.69) is 31.3 Å². The summed E-state index contributed by atoms with van der Waals surface area (Å²) in [5, 5.41) is 14.0. The van der Waals surface area contributed by atoms with Gasteiger partial charge in [-0.3, -0.25) is 9.36 Å². The summed E-state index contributed by atoms with van der Waals surface area (Å²) in [5.74, 6) is -0.188. The molecule has 1 amide bonds. The molecular weight excluding hydrogens is 1040 g/mol. The third-order valence-electron chi connectivity index (χ3n) is 17.4. The molecule has 3 unspecified atom stereocenters. The van der Waals surface area contributed by atoms with Crippen LogP contribution in [-0.4, -0.2) is 68.5 Å². The summed E-state index contributed by atoms with van der Waals surface area (Å²) in [4.78, 5) is 25.6. The maximum atomic E-state index is 13.0. The lowest BCUT2D eigenvalue weighted by molar-refractivity contribution is -0.870. The highest BCUT2D eigenvalue weighted by Crippen LogP contribution is 2.38. The van der Waals surface area contributed by atoms with Crippen LogP contribution in [0.4, 0.5) is 0 Å². The molecule has 0 rings (SSSR count). The zero-order valence-electron chi connectivity index (χ0n) is 56.7. The first-order valence-corrected chi connectivity index (χ1v) is 38.7. The van der Waals surface area contributed by atoms with Gasteiger partial charge < -0.3 is 28.8 Å². The number of carbonyl (C=O) groups is 1. The number of allylic oxidation sites excluding steroid dienone is 3. The van der Waals surface area contributed by atoms with E-state index in [1.807, 2.05) is 27.2 Å². The van der Waals surface area contributed by atoms with Crippen molar-refractivity contribution in [3.63, 3.8) is 0 Å². The number of nitrogens with zero attached hydrogens (tertiary/aromatic N) is 1. The molecule has 0 aromatic heterocycles. The van der Waals surface area contributed by atoms with Crippen LogP contribution in [0.3, 0.4) is 0 Å². The number of carbonyl (C=O) groups excluding carboxylic acids is 1. The lowest BCUT2D eigenvalue weighted by Gasteiger charge is -2.29. The van der Waals surface area contributed by atoms with E-state index in [0.29, 0.717) is 17.4 Å². The van der Waals surface area contributed by atoms with Crippen molar-refractivity contribution in [2.45, 2.75) is 405 Å². The number of hydrogen-bond acceptors (Lipinski definition) is 6. The number of aliphatic hydroxyl groups is 1. The molecule has 0 bridgehead atoms. The van der Waals surface area contributed by atoms with E-state index in [1.165, 1.54) is 334 Å². The first-order chi connectivity index (χ1) is 40.5. The summed E-state index contributed by atoms with van der Waals surface area (Å²) in [6.45, 7) is 4.71. The molecule has 0 heterocycles. The maximum Gasteiger partial charge on any atom is 0.268 e. The molecule has 83 heavy (non-hydrogen) atoms.